The number of halogens is 4. The van der Waals surface area contributed by atoms with Gasteiger partial charge in [-0.25, -0.2) is 0 Å². The first kappa shape index (κ1) is 10.8. The Hall–Kier alpha value is -0.750. The van der Waals surface area contributed by atoms with Gasteiger partial charge < -0.3 is 4.74 Å². The lowest BCUT2D eigenvalue weighted by Crippen LogP contribution is -2.10. The van der Waals surface area contributed by atoms with E-state index in [1.54, 1.807) is 0 Å². The highest BCUT2D eigenvalue weighted by molar-refractivity contribution is 6.30. The van der Waals surface area contributed by atoms with E-state index in [1.165, 1.54) is 7.05 Å². The zero-order valence-corrected chi connectivity index (χ0v) is 8.56. The van der Waals surface area contributed by atoms with Gasteiger partial charge in [0, 0.05) is 19.0 Å². The summed E-state index contributed by atoms with van der Waals surface area (Å²) in [6, 6.07) is 0. The fourth-order valence-electron chi connectivity index (χ4n) is 1.37. The van der Waals surface area contributed by atoms with E-state index in [2.05, 4.69) is 5.10 Å². The van der Waals surface area contributed by atoms with Crippen molar-refractivity contribution in [2.45, 2.75) is 18.7 Å². The van der Waals surface area contributed by atoms with Crippen molar-refractivity contribution >= 4 is 11.6 Å². The molecule has 0 saturated carbocycles. The van der Waals surface area contributed by atoms with Crippen molar-refractivity contribution in [3.63, 3.8) is 0 Å². The first-order valence-corrected chi connectivity index (χ1v) is 4.67. The van der Waals surface area contributed by atoms with Gasteiger partial charge in [0.05, 0.1) is 12.7 Å². The van der Waals surface area contributed by atoms with Crippen molar-refractivity contribution in [2.24, 2.45) is 7.05 Å². The molecule has 1 aromatic rings. The maximum absolute atomic E-state index is 12.5. The molecule has 1 aromatic heterocycles. The predicted molar refractivity (Wildman–Crippen MR) is 46.7 cm³/mol. The van der Waals surface area contributed by atoms with Crippen molar-refractivity contribution in [3.05, 3.63) is 16.4 Å². The number of ether oxygens (including phenoxy) is 1. The summed E-state index contributed by atoms with van der Waals surface area (Å²) in [5.41, 5.74) is -0.889. The summed E-state index contributed by atoms with van der Waals surface area (Å²) in [5.74, 6) is 0. The Bertz CT molecular complexity index is 384. The van der Waals surface area contributed by atoms with E-state index in [-0.39, 0.29) is 23.2 Å². The zero-order chi connectivity index (χ0) is 11.2. The Morgan fingerprint density at radius 2 is 2.20 bits per heavy atom. The minimum absolute atomic E-state index is 0.0224. The van der Waals surface area contributed by atoms with Gasteiger partial charge in [-0.05, 0) is 0 Å². The predicted octanol–water partition coefficient (Wildman–Crippen LogP) is 2.03. The Morgan fingerprint density at radius 3 is 2.67 bits per heavy atom. The lowest BCUT2D eigenvalue weighted by Gasteiger charge is -2.04. The van der Waals surface area contributed by atoms with E-state index in [0.717, 1.165) is 4.68 Å². The average Bonchev–Trinajstić information content (AvgIpc) is 2.86. The molecular weight excluding hydrogens is 233 g/mol. The van der Waals surface area contributed by atoms with E-state index in [1.807, 2.05) is 0 Å². The number of aromatic nitrogens is 2. The van der Waals surface area contributed by atoms with Crippen LogP contribution in [0.25, 0.3) is 0 Å². The summed E-state index contributed by atoms with van der Waals surface area (Å²) in [7, 11) is 1.38. The largest absolute Gasteiger partial charge is 0.435 e. The van der Waals surface area contributed by atoms with Crippen LogP contribution in [0.2, 0.25) is 5.15 Å². The first-order valence-electron chi connectivity index (χ1n) is 4.29. The number of hydrogen-bond acceptors (Lipinski definition) is 2. The van der Waals surface area contributed by atoms with Crippen LogP contribution in [-0.4, -0.2) is 22.5 Å². The molecule has 15 heavy (non-hydrogen) atoms. The average molecular weight is 241 g/mol. The summed E-state index contributed by atoms with van der Waals surface area (Å²) >= 11 is 5.74. The highest BCUT2D eigenvalue weighted by Crippen LogP contribution is 2.35. The molecule has 2 rings (SSSR count). The van der Waals surface area contributed by atoms with E-state index >= 15 is 0 Å². The van der Waals surface area contributed by atoms with Gasteiger partial charge in [-0.2, -0.15) is 18.3 Å². The van der Waals surface area contributed by atoms with Crippen LogP contribution < -0.4 is 0 Å². The van der Waals surface area contributed by atoms with Crippen LogP contribution in [0, 0.1) is 0 Å². The van der Waals surface area contributed by atoms with Gasteiger partial charge in [-0.1, -0.05) is 11.6 Å². The van der Waals surface area contributed by atoms with Crippen LogP contribution >= 0.6 is 11.6 Å². The Kier molecular flexibility index (Phi) is 2.42. The maximum atomic E-state index is 12.5. The molecule has 1 aliphatic heterocycles. The Balaban J connectivity index is 2.38. The molecule has 3 nitrogen and oxygen atoms in total. The molecule has 1 unspecified atom stereocenters. The van der Waals surface area contributed by atoms with Gasteiger partial charge in [0.15, 0.2) is 5.69 Å². The quantitative estimate of drug-likeness (QED) is 0.741. The Labute approximate surface area is 88.8 Å². The van der Waals surface area contributed by atoms with Gasteiger partial charge in [-0.3, -0.25) is 4.68 Å². The molecule has 0 spiro atoms. The van der Waals surface area contributed by atoms with Gasteiger partial charge in [0.25, 0.3) is 0 Å². The molecule has 2 heterocycles. The standard InChI is InChI=1S/C8H8ClF3N2O/c1-14-7(9)5(2-4-3-15-4)6(13-14)8(10,11)12/h4H,2-3H2,1H3. The van der Waals surface area contributed by atoms with Crippen LogP contribution in [0.5, 0.6) is 0 Å². The first-order chi connectivity index (χ1) is 6.89. The third kappa shape index (κ3) is 2.10. The van der Waals surface area contributed by atoms with Crippen LogP contribution in [0.1, 0.15) is 11.3 Å². The number of epoxide rings is 1. The SMILES string of the molecule is Cn1nc(C(F)(F)F)c(CC2CO2)c1Cl. The molecule has 0 aromatic carbocycles. The van der Waals surface area contributed by atoms with Crippen LogP contribution in [-0.2, 0) is 24.4 Å². The highest BCUT2D eigenvalue weighted by Gasteiger charge is 2.40. The number of alkyl halides is 3. The van der Waals surface area contributed by atoms with E-state index < -0.39 is 11.9 Å². The van der Waals surface area contributed by atoms with E-state index in [0.29, 0.717) is 6.61 Å². The van der Waals surface area contributed by atoms with Crippen LogP contribution in [0.3, 0.4) is 0 Å². The third-order valence-electron chi connectivity index (χ3n) is 2.17. The molecule has 0 radical (unpaired) electrons. The van der Waals surface area contributed by atoms with Crippen molar-refractivity contribution in [2.75, 3.05) is 6.61 Å². The number of nitrogens with zero attached hydrogens (tertiary/aromatic N) is 2. The van der Waals surface area contributed by atoms with Crippen molar-refractivity contribution < 1.29 is 17.9 Å². The van der Waals surface area contributed by atoms with E-state index in [9.17, 15) is 13.2 Å². The van der Waals surface area contributed by atoms with Gasteiger partial charge in [0.2, 0.25) is 0 Å². The normalized spacial score (nSPS) is 20.7. The number of rotatable bonds is 2. The Morgan fingerprint density at radius 1 is 1.60 bits per heavy atom. The molecule has 0 bridgehead atoms. The smallest absolute Gasteiger partial charge is 0.373 e. The van der Waals surface area contributed by atoms with Crippen LogP contribution in [0.4, 0.5) is 13.2 Å². The molecule has 1 aliphatic rings. The van der Waals surface area contributed by atoms with Crippen molar-refractivity contribution in [1.29, 1.82) is 0 Å². The minimum atomic E-state index is -4.46. The minimum Gasteiger partial charge on any atom is -0.373 e. The van der Waals surface area contributed by atoms with Crippen LogP contribution in [0.15, 0.2) is 0 Å². The monoisotopic (exact) mass is 240 g/mol. The lowest BCUT2D eigenvalue weighted by molar-refractivity contribution is -0.142. The molecular formula is C8H8ClF3N2O. The van der Waals surface area contributed by atoms with Gasteiger partial charge >= 0.3 is 6.18 Å². The van der Waals surface area contributed by atoms with Gasteiger partial charge in [-0.15, -0.1) is 0 Å². The summed E-state index contributed by atoms with van der Waals surface area (Å²) in [4.78, 5) is 0. The van der Waals surface area contributed by atoms with Gasteiger partial charge in [0.1, 0.15) is 5.15 Å². The summed E-state index contributed by atoms with van der Waals surface area (Å²) in [5, 5.41) is 3.39. The molecule has 1 saturated heterocycles. The lowest BCUT2D eigenvalue weighted by atomic mass is 10.1. The second-order valence-electron chi connectivity index (χ2n) is 3.40. The second kappa shape index (κ2) is 3.38. The molecule has 1 atom stereocenters. The molecule has 0 amide bonds. The molecule has 0 aliphatic carbocycles. The fraction of sp³-hybridized carbons (Fsp3) is 0.625. The summed E-state index contributed by atoms with van der Waals surface area (Å²) < 4.78 is 43.5. The second-order valence-corrected chi connectivity index (χ2v) is 3.76. The summed E-state index contributed by atoms with van der Waals surface area (Å²) in [6.45, 7) is 0.489. The molecule has 7 heteroatoms. The molecule has 0 N–H and O–H groups in total. The topological polar surface area (TPSA) is 30.4 Å². The fourth-order valence-corrected chi connectivity index (χ4v) is 1.57. The molecule has 84 valence electrons. The summed E-state index contributed by atoms with van der Waals surface area (Å²) in [6.07, 6.45) is -4.44. The third-order valence-corrected chi connectivity index (χ3v) is 2.64. The zero-order valence-electron chi connectivity index (χ0n) is 7.81. The molecule has 1 fully saturated rings. The number of aryl methyl sites for hydroxylation is 1. The number of hydrogen-bond donors (Lipinski definition) is 0. The van der Waals surface area contributed by atoms with Crippen molar-refractivity contribution in [1.82, 2.24) is 9.78 Å². The maximum Gasteiger partial charge on any atom is 0.435 e. The highest BCUT2D eigenvalue weighted by atomic mass is 35.5. The van der Waals surface area contributed by atoms with E-state index in [4.69, 9.17) is 16.3 Å². The van der Waals surface area contributed by atoms with Crippen molar-refractivity contribution in [3.8, 4) is 0 Å².